The van der Waals surface area contributed by atoms with Crippen molar-refractivity contribution in [1.29, 1.82) is 0 Å². The third-order valence-electron chi connectivity index (χ3n) is 5.23. The first-order chi connectivity index (χ1) is 15.1. The molecule has 0 spiro atoms. The van der Waals surface area contributed by atoms with Crippen LogP contribution in [0.15, 0.2) is 0 Å². The largest absolute Gasteiger partial charge is 0.437 e. The standard InChI is InChI=1S/C8H14O.C7H21O3Si4.C7H14O2.3Y/c1-2-6-3-4-7-8(5-6)9-7;1-11(2)8-13(5)10-14(6,7)9-12(3)4;1-2-3-4-8-5-7-6-9-7;;;/h6-8H,2-5H2,1H3;1-7H3;7H,2-6H2,1H3;;;. The van der Waals surface area contributed by atoms with Gasteiger partial charge in [-0.3, -0.25) is 0 Å². The molecule has 0 aromatic rings. The fourth-order valence-electron chi connectivity index (χ4n) is 3.65. The zero-order chi connectivity index (χ0) is 24.1. The van der Waals surface area contributed by atoms with E-state index in [1.165, 1.54) is 38.5 Å². The smallest absolute Gasteiger partial charge is 0.360 e. The Morgan fingerprint density at radius 3 is 1.97 bits per heavy atom. The van der Waals surface area contributed by atoms with Crippen LogP contribution in [0.1, 0.15) is 52.4 Å². The number of epoxide rings is 2. The summed E-state index contributed by atoms with van der Waals surface area (Å²) in [6, 6.07) is 0. The fraction of sp³-hybridized carbons (Fsp3) is 1.00. The quantitative estimate of drug-likeness (QED) is 0.148. The topological polar surface area (TPSA) is 62.0 Å². The SMILES string of the molecule is CCC1CCC2OC2C1.CCCCOCC1CO1.C[Si](C)O[Si](C)O[Si](C)(C)O[Si](C)C.[Y].[Y].[Y]. The van der Waals surface area contributed by atoms with Crippen molar-refractivity contribution in [3.8, 4) is 0 Å². The molecule has 0 N–H and O–H groups in total. The molecule has 2 aliphatic heterocycles. The normalized spacial score (nSPS) is 24.0. The van der Waals surface area contributed by atoms with Gasteiger partial charge in [0, 0.05) is 105 Å². The van der Waals surface area contributed by atoms with Gasteiger partial charge in [-0.1, -0.05) is 26.7 Å². The Balaban J connectivity index is -0.000000432. The van der Waals surface area contributed by atoms with Crippen LogP contribution in [0.25, 0.3) is 0 Å². The molecule has 0 amide bonds. The summed E-state index contributed by atoms with van der Waals surface area (Å²) in [5, 5.41) is 0. The monoisotopic (exact) mass is 788 g/mol. The second kappa shape index (κ2) is 24.5. The van der Waals surface area contributed by atoms with Crippen molar-refractivity contribution in [2.45, 2.75) is 117 Å². The van der Waals surface area contributed by atoms with E-state index in [4.69, 9.17) is 26.6 Å². The molecule has 3 aliphatic rings. The summed E-state index contributed by atoms with van der Waals surface area (Å²) >= 11 is 0. The van der Waals surface area contributed by atoms with Crippen molar-refractivity contribution >= 4 is 35.9 Å². The Kier molecular flexibility index (Phi) is 30.4. The molecular weight excluding hydrogens is 739 g/mol. The summed E-state index contributed by atoms with van der Waals surface area (Å²) in [5.41, 5.74) is 0. The number of unbranched alkanes of at least 4 members (excludes halogenated alkanes) is 1. The predicted molar refractivity (Wildman–Crippen MR) is 139 cm³/mol. The Hall–Kier alpha value is 3.94. The Morgan fingerprint density at radius 2 is 1.51 bits per heavy atom. The van der Waals surface area contributed by atoms with E-state index in [9.17, 15) is 0 Å². The van der Waals surface area contributed by atoms with Crippen LogP contribution in [0.4, 0.5) is 0 Å². The van der Waals surface area contributed by atoms with Gasteiger partial charge in [0.15, 0.2) is 18.1 Å². The van der Waals surface area contributed by atoms with E-state index in [1.807, 2.05) is 0 Å². The van der Waals surface area contributed by atoms with Crippen LogP contribution in [0.2, 0.25) is 45.8 Å². The van der Waals surface area contributed by atoms with Crippen molar-refractivity contribution < 1.29 is 125 Å². The van der Waals surface area contributed by atoms with Crippen molar-refractivity contribution in [3.63, 3.8) is 0 Å². The molecule has 1 aliphatic carbocycles. The number of hydrogen-bond donors (Lipinski definition) is 0. The van der Waals surface area contributed by atoms with Gasteiger partial charge in [0.1, 0.15) is 6.10 Å². The van der Waals surface area contributed by atoms with E-state index in [1.54, 1.807) is 0 Å². The van der Waals surface area contributed by atoms with Gasteiger partial charge < -0.3 is 26.6 Å². The Bertz CT molecular complexity index is 494. The Morgan fingerprint density at radius 1 is 0.886 bits per heavy atom. The maximum atomic E-state index is 5.91. The van der Waals surface area contributed by atoms with Gasteiger partial charge in [0.2, 0.25) is 0 Å². The van der Waals surface area contributed by atoms with Crippen LogP contribution in [-0.2, 0) is 125 Å². The van der Waals surface area contributed by atoms with E-state index in [2.05, 4.69) is 59.7 Å². The average molecular weight is 789 g/mol. The first kappa shape index (κ1) is 43.4. The van der Waals surface area contributed by atoms with E-state index < -0.39 is 35.9 Å². The first-order valence-electron chi connectivity index (χ1n) is 12.4. The molecule has 198 valence electrons. The summed E-state index contributed by atoms with van der Waals surface area (Å²) in [5.74, 6) is 0.980. The van der Waals surface area contributed by atoms with Crippen LogP contribution in [0, 0.1) is 5.92 Å². The molecule has 6 nitrogen and oxygen atoms in total. The predicted octanol–water partition coefficient (Wildman–Crippen LogP) is 5.52. The summed E-state index contributed by atoms with van der Waals surface area (Å²) in [4.78, 5) is 0. The molecule has 0 bridgehead atoms. The Labute approximate surface area is 298 Å². The number of hydrogen-bond acceptors (Lipinski definition) is 6. The minimum absolute atomic E-state index is 0. The molecule has 1 saturated carbocycles. The first-order valence-corrected chi connectivity index (χ1v) is 21.9. The maximum absolute atomic E-state index is 5.91. The second-order valence-electron chi connectivity index (χ2n) is 9.70. The van der Waals surface area contributed by atoms with E-state index in [0.717, 1.165) is 25.7 Å². The van der Waals surface area contributed by atoms with Gasteiger partial charge in [0.05, 0.1) is 25.4 Å². The van der Waals surface area contributed by atoms with Crippen LogP contribution in [-0.4, -0.2) is 74.1 Å². The molecule has 4 unspecified atom stereocenters. The van der Waals surface area contributed by atoms with Crippen molar-refractivity contribution in [2.75, 3.05) is 19.8 Å². The summed E-state index contributed by atoms with van der Waals surface area (Å²) in [7, 11) is -4.30. The minimum Gasteiger partial charge on any atom is -0.437 e. The van der Waals surface area contributed by atoms with Crippen molar-refractivity contribution in [2.24, 2.45) is 5.92 Å². The van der Waals surface area contributed by atoms with Crippen LogP contribution < -0.4 is 0 Å². The van der Waals surface area contributed by atoms with E-state index in [-0.39, 0.29) is 98.1 Å². The second-order valence-corrected chi connectivity index (χ2v) is 19.6. The zero-order valence-corrected chi connectivity index (χ0v) is 36.4. The molecule has 4 atom stereocenters. The molecule has 3 rings (SSSR count). The molecule has 0 aromatic carbocycles. The summed E-state index contributed by atoms with van der Waals surface area (Å²) in [6.07, 6.45) is 9.64. The zero-order valence-electron chi connectivity index (χ0n) is 23.9. The molecule has 2 saturated heterocycles. The van der Waals surface area contributed by atoms with Crippen LogP contribution in [0.5, 0.6) is 0 Å². The molecule has 35 heavy (non-hydrogen) atoms. The van der Waals surface area contributed by atoms with Gasteiger partial charge in [0.25, 0.3) is 0 Å². The summed E-state index contributed by atoms with van der Waals surface area (Å²) < 4.78 is 33.1. The number of fused-ring (bicyclic) bond motifs is 1. The molecule has 13 heteroatoms. The van der Waals surface area contributed by atoms with E-state index in [0.29, 0.717) is 18.3 Å². The van der Waals surface area contributed by atoms with E-state index >= 15 is 0 Å². The maximum Gasteiger partial charge on any atom is 0.360 e. The molecule has 0 aromatic heterocycles. The van der Waals surface area contributed by atoms with Gasteiger partial charge in [-0.15, -0.1) is 0 Å². The van der Waals surface area contributed by atoms with Gasteiger partial charge in [-0.05, 0) is 77.4 Å². The molecule has 6 radical (unpaired) electrons. The van der Waals surface area contributed by atoms with Gasteiger partial charge in [-0.2, -0.15) is 0 Å². The third kappa shape index (κ3) is 25.4. The van der Waals surface area contributed by atoms with Crippen molar-refractivity contribution in [3.05, 3.63) is 0 Å². The fourth-order valence-corrected chi connectivity index (χ4v) is 13.7. The van der Waals surface area contributed by atoms with Crippen LogP contribution >= 0.6 is 0 Å². The molecular formula is C22H49O6Si4Y3. The number of ether oxygens (including phenoxy) is 3. The summed E-state index contributed by atoms with van der Waals surface area (Å²) in [6.45, 7) is 21.9. The number of rotatable bonds is 12. The average Bonchev–Trinajstić information content (AvgIpc) is 3.58. The van der Waals surface area contributed by atoms with Gasteiger partial charge >= 0.3 is 17.8 Å². The van der Waals surface area contributed by atoms with Crippen molar-refractivity contribution in [1.82, 2.24) is 0 Å². The van der Waals surface area contributed by atoms with Gasteiger partial charge in [-0.25, -0.2) is 0 Å². The molecule has 3 fully saturated rings. The minimum atomic E-state index is -1.91. The third-order valence-corrected chi connectivity index (χ3v) is 14.7. The van der Waals surface area contributed by atoms with Crippen LogP contribution in [0.3, 0.4) is 0 Å². The molecule has 2 heterocycles.